The molecule has 2 N–H and O–H groups in total. The van der Waals surface area contributed by atoms with E-state index in [0.29, 0.717) is 17.3 Å². The van der Waals surface area contributed by atoms with Crippen LogP contribution in [-0.2, 0) is 6.54 Å². The first-order valence-corrected chi connectivity index (χ1v) is 5.44. The average Bonchev–Trinajstić information content (AvgIpc) is 2.82. The molecule has 2 aromatic rings. The van der Waals surface area contributed by atoms with E-state index in [4.69, 9.17) is 16.0 Å². The molecule has 0 spiro atoms. The predicted octanol–water partition coefficient (Wildman–Crippen LogP) is 3.25. The van der Waals surface area contributed by atoms with Crippen molar-refractivity contribution in [3.63, 3.8) is 0 Å². The summed E-state index contributed by atoms with van der Waals surface area (Å²) in [6.45, 7) is 0.410. The van der Waals surface area contributed by atoms with Gasteiger partial charge in [0, 0.05) is 12.1 Å². The van der Waals surface area contributed by atoms with E-state index in [2.05, 4.69) is 10.6 Å². The fourth-order valence-electron chi connectivity index (χ4n) is 1.30. The lowest BCUT2D eigenvalue weighted by Gasteiger charge is -2.07. The van der Waals surface area contributed by atoms with Crippen molar-refractivity contribution in [3.8, 4) is 0 Å². The van der Waals surface area contributed by atoms with Gasteiger partial charge in [0.25, 0.3) is 0 Å². The topological polar surface area (TPSA) is 54.3 Å². The number of rotatable bonds is 3. The third kappa shape index (κ3) is 3.26. The second-order valence-corrected chi connectivity index (χ2v) is 3.83. The van der Waals surface area contributed by atoms with Crippen LogP contribution in [0.1, 0.15) is 5.56 Å². The van der Waals surface area contributed by atoms with Gasteiger partial charge in [-0.25, -0.2) is 4.79 Å². The summed E-state index contributed by atoms with van der Waals surface area (Å²) < 4.78 is 4.89. The molecular formula is C12H11ClN2O2. The van der Waals surface area contributed by atoms with Crippen LogP contribution in [0, 0.1) is 0 Å². The fraction of sp³-hybridized carbons (Fsp3) is 0.0833. The van der Waals surface area contributed by atoms with Crippen molar-refractivity contribution >= 4 is 23.3 Å². The van der Waals surface area contributed by atoms with E-state index in [0.717, 1.165) is 5.56 Å². The zero-order chi connectivity index (χ0) is 12.1. The number of benzene rings is 1. The van der Waals surface area contributed by atoms with Crippen LogP contribution in [0.25, 0.3) is 0 Å². The lowest BCUT2D eigenvalue weighted by Crippen LogP contribution is -2.28. The van der Waals surface area contributed by atoms with E-state index < -0.39 is 0 Å². The van der Waals surface area contributed by atoms with E-state index >= 15 is 0 Å². The number of carbonyl (C=O) groups excluding carboxylic acids is 1. The summed E-state index contributed by atoms with van der Waals surface area (Å²) in [6, 6.07) is 8.54. The molecule has 0 fully saturated rings. The van der Waals surface area contributed by atoms with Crippen LogP contribution >= 0.6 is 11.6 Å². The standard InChI is InChI=1S/C12H11ClN2O2/c13-10-3-1-2-4-11(10)15-12(16)14-7-9-5-6-17-8-9/h1-6,8H,7H2,(H2,14,15,16). The largest absolute Gasteiger partial charge is 0.472 e. The Hall–Kier alpha value is -1.94. The van der Waals surface area contributed by atoms with Crippen LogP contribution in [0.15, 0.2) is 47.3 Å². The van der Waals surface area contributed by atoms with Crippen molar-refractivity contribution in [3.05, 3.63) is 53.4 Å². The Morgan fingerprint density at radius 2 is 2.12 bits per heavy atom. The molecule has 1 heterocycles. The molecule has 0 aliphatic rings. The van der Waals surface area contributed by atoms with Crippen molar-refractivity contribution < 1.29 is 9.21 Å². The Bertz CT molecular complexity index is 497. The maximum absolute atomic E-state index is 11.5. The Morgan fingerprint density at radius 1 is 1.29 bits per heavy atom. The first-order valence-electron chi connectivity index (χ1n) is 5.06. The van der Waals surface area contributed by atoms with Gasteiger partial charge in [-0.3, -0.25) is 0 Å². The summed E-state index contributed by atoms with van der Waals surface area (Å²) in [6.07, 6.45) is 3.14. The molecule has 0 saturated heterocycles. The van der Waals surface area contributed by atoms with E-state index in [-0.39, 0.29) is 6.03 Å². The van der Waals surface area contributed by atoms with Crippen LogP contribution in [0.2, 0.25) is 5.02 Å². The minimum absolute atomic E-state index is 0.306. The summed E-state index contributed by atoms with van der Waals surface area (Å²) in [5, 5.41) is 5.86. The minimum atomic E-state index is -0.306. The fourth-order valence-corrected chi connectivity index (χ4v) is 1.49. The van der Waals surface area contributed by atoms with Gasteiger partial charge in [0.15, 0.2) is 0 Å². The zero-order valence-corrected chi connectivity index (χ0v) is 9.70. The highest BCUT2D eigenvalue weighted by molar-refractivity contribution is 6.33. The Morgan fingerprint density at radius 3 is 2.82 bits per heavy atom. The van der Waals surface area contributed by atoms with Gasteiger partial charge < -0.3 is 15.1 Å². The van der Waals surface area contributed by atoms with Crippen LogP contribution < -0.4 is 10.6 Å². The lowest BCUT2D eigenvalue weighted by molar-refractivity contribution is 0.251. The van der Waals surface area contributed by atoms with Gasteiger partial charge in [0.2, 0.25) is 0 Å². The summed E-state index contributed by atoms with van der Waals surface area (Å²) in [4.78, 5) is 11.5. The van der Waals surface area contributed by atoms with Crippen LogP contribution in [0.3, 0.4) is 0 Å². The molecule has 2 rings (SSSR count). The zero-order valence-electron chi connectivity index (χ0n) is 8.94. The average molecular weight is 251 g/mol. The predicted molar refractivity (Wildman–Crippen MR) is 66.0 cm³/mol. The van der Waals surface area contributed by atoms with Gasteiger partial charge in [-0.05, 0) is 18.2 Å². The number of furan rings is 1. The molecule has 0 saturated carbocycles. The molecule has 5 heteroatoms. The number of amides is 2. The molecule has 0 atom stereocenters. The molecule has 17 heavy (non-hydrogen) atoms. The molecule has 0 bridgehead atoms. The Kier molecular flexibility index (Phi) is 3.67. The number of halogens is 1. The van der Waals surface area contributed by atoms with E-state index in [1.807, 2.05) is 0 Å². The molecule has 1 aromatic carbocycles. The van der Waals surface area contributed by atoms with Gasteiger partial charge >= 0.3 is 6.03 Å². The number of hydrogen-bond donors (Lipinski definition) is 2. The van der Waals surface area contributed by atoms with Gasteiger partial charge in [-0.15, -0.1) is 0 Å². The number of nitrogens with one attached hydrogen (secondary N) is 2. The smallest absolute Gasteiger partial charge is 0.319 e. The molecule has 1 aromatic heterocycles. The van der Waals surface area contributed by atoms with Crippen molar-refractivity contribution in [2.24, 2.45) is 0 Å². The normalized spacial score (nSPS) is 9.94. The number of urea groups is 1. The SMILES string of the molecule is O=C(NCc1ccoc1)Nc1ccccc1Cl. The summed E-state index contributed by atoms with van der Waals surface area (Å²) in [5.74, 6) is 0. The van der Waals surface area contributed by atoms with Crippen molar-refractivity contribution in [1.82, 2.24) is 5.32 Å². The Balaban J connectivity index is 1.87. The van der Waals surface area contributed by atoms with Gasteiger partial charge in [0.1, 0.15) is 0 Å². The first kappa shape index (κ1) is 11.5. The molecule has 88 valence electrons. The lowest BCUT2D eigenvalue weighted by atomic mass is 10.3. The monoisotopic (exact) mass is 250 g/mol. The molecule has 4 nitrogen and oxygen atoms in total. The number of carbonyl (C=O) groups is 1. The number of hydrogen-bond acceptors (Lipinski definition) is 2. The third-order valence-corrected chi connectivity index (χ3v) is 2.48. The molecule has 2 amide bonds. The van der Waals surface area contributed by atoms with Crippen LogP contribution in [-0.4, -0.2) is 6.03 Å². The summed E-state index contributed by atoms with van der Waals surface area (Å²) in [7, 11) is 0. The highest BCUT2D eigenvalue weighted by Gasteiger charge is 2.04. The van der Waals surface area contributed by atoms with Crippen LogP contribution in [0.4, 0.5) is 10.5 Å². The number of anilines is 1. The van der Waals surface area contributed by atoms with E-state index in [1.54, 1.807) is 42.9 Å². The van der Waals surface area contributed by atoms with E-state index in [9.17, 15) is 4.79 Å². The van der Waals surface area contributed by atoms with Gasteiger partial charge in [0.05, 0.1) is 23.2 Å². The summed E-state index contributed by atoms with van der Waals surface area (Å²) >= 11 is 5.91. The maximum atomic E-state index is 11.5. The molecule has 0 unspecified atom stereocenters. The molecule has 0 radical (unpaired) electrons. The highest BCUT2D eigenvalue weighted by atomic mass is 35.5. The van der Waals surface area contributed by atoms with Crippen molar-refractivity contribution in [1.29, 1.82) is 0 Å². The molecular weight excluding hydrogens is 240 g/mol. The minimum Gasteiger partial charge on any atom is -0.472 e. The third-order valence-electron chi connectivity index (χ3n) is 2.16. The number of para-hydroxylation sites is 1. The quantitative estimate of drug-likeness (QED) is 0.879. The van der Waals surface area contributed by atoms with Crippen LogP contribution in [0.5, 0.6) is 0 Å². The van der Waals surface area contributed by atoms with E-state index in [1.165, 1.54) is 0 Å². The second kappa shape index (κ2) is 5.41. The first-order chi connectivity index (χ1) is 8.25. The van der Waals surface area contributed by atoms with Gasteiger partial charge in [-0.2, -0.15) is 0 Å². The van der Waals surface area contributed by atoms with Crippen molar-refractivity contribution in [2.75, 3.05) is 5.32 Å². The Labute approximate surface area is 104 Å². The molecule has 0 aliphatic carbocycles. The highest BCUT2D eigenvalue weighted by Crippen LogP contribution is 2.20. The maximum Gasteiger partial charge on any atom is 0.319 e. The van der Waals surface area contributed by atoms with Crippen molar-refractivity contribution in [2.45, 2.75) is 6.54 Å². The molecule has 0 aliphatic heterocycles. The van der Waals surface area contributed by atoms with Gasteiger partial charge in [-0.1, -0.05) is 23.7 Å². The summed E-state index contributed by atoms with van der Waals surface area (Å²) in [5.41, 5.74) is 1.48. The second-order valence-electron chi connectivity index (χ2n) is 3.42.